The Morgan fingerprint density at radius 3 is 2.65 bits per heavy atom. The van der Waals surface area contributed by atoms with E-state index in [4.69, 9.17) is 9.47 Å². The van der Waals surface area contributed by atoms with Gasteiger partial charge in [0, 0.05) is 43.5 Å². The molecule has 0 unspecified atom stereocenters. The fourth-order valence-electron chi connectivity index (χ4n) is 4.43. The van der Waals surface area contributed by atoms with Gasteiger partial charge in [-0.2, -0.15) is 0 Å². The second-order valence-electron chi connectivity index (χ2n) is 8.60. The highest BCUT2D eigenvalue weighted by atomic mass is 19.3. The van der Waals surface area contributed by atoms with Crippen molar-refractivity contribution in [1.82, 2.24) is 24.5 Å². The number of rotatable bonds is 5. The first-order valence-electron chi connectivity index (χ1n) is 11.4. The number of ether oxygens (including phenoxy) is 2. The van der Waals surface area contributed by atoms with Gasteiger partial charge in [0.2, 0.25) is 5.88 Å². The molecule has 0 bridgehead atoms. The van der Waals surface area contributed by atoms with Crippen LogP contribution in [0.3, 0.4) is 0 Å². The third-order valence-electron chi connectivity index (χ3n) is 6.35. The van der Waals surface area contributed by atoms with Gasteiger partial charge in [0.05, 0.1) is 13.2 Å². The minimum absolute atomic E-state index is 0.161. The van der Waals surface area contributed by atoms with E-state index in [0.29, 0.717) is 36.0 Å². The molecule has 1 aliphatic rings. The standard InChI is InChI=1S/C25H21F4N5O3/c1-34-24(22(28)29)33-20-19(15-4-3-14(26)11-16(15)27)31-23(32-21(20)25(34)35)13-6-8-37-17(9-13)12-5-7-30-18(10-12)36-2/h3-5,7,10-11,13,17,22H,6,8-9H2,1-2H3/t13-,17+/m0/s1. The summed E-state index contributed by atoms with van der Waals surface area (Å²) in [7, 11) is 2.67. The van der Waals surface area contributed by atoms with Crippen LogP contribution in [0, 0.1) is 11.6 Å². The number of alkyl halides is 2. The number of aromatic nitrogens is 5. The molecule has 2 atom stereocenters. The monoisotopic (exact) mass is 515 g/mol. The average molecular weight is 515 g/mol. The molecule has 1 aromatic carbocycles. The van der Waals surface area contributed by atoms with Crippen molar-refractivity contribution < 1.29 is 27.0 Å². The van der Waals surface area contributed by atoms with Crippen LogP contribution >= 0.6 is 0 Å². The van der Waals surface area contributed by atoms with Gasteiger partial charge in [0.1, 0.15) is 28.7 Å². The van der Waals surface area contributed by atoms with E-state index in [0.717, 1.165) is 24.7 Å². The van der Waals surface area contributed by atoms with Crippen LogP contribution in [0.4, 0.5) is 17.6 Å². The molecule has 0 aliphatic carbocycles. The summed E-state index contributed by atoms with van der Waals surface area (Å²) in [5, 5.41) is 0. The zero-order valence-electron chi connectivity index (χ0n) is 19.8. The summed E-state index contributed by atoms with van der Waals surface area (Å²) in [6, 6.07) is 6.34. The van der Waals surface area contributed by atoms with Gasteiger partial charge in [-0.15, -0.1) is 0 Å². The largest absolute Gasteiger partial charge is 0.481 e. The Balaban J connectivity index is 1.67. The third kappa shape index (κ3) is 4.64. The fourth-order valence-corrected chi connectivity index (χ4v) is 4.43. The summed E-state index contributed by atoms with van der Waals surface area (Å²) in [4.78, 5) is 30.0. The van der Waals surface area contributed by atoms with Crippen molar-refractivity contribution in [2.45, 2.75) is 31.3 Å². The Labute approximate surface area is 207 Å². The molecule has 8 nitrogen and oxygen atoms in total. The number of pyridine rings is 1. The first kappa shape index (κ1) is 24.8. The zero-order valence-corrected chi connectivity index (χ0v) is 19.8. The van der Waals surface area contributed by atoms with Crippen LogP contribution in [0.5, 0.6) is 5.88 Å². The average Bonchev–Trinajstić information content (AvgIpc) is 2.90. The van der Waals surface area contributed by atoms with E-state index in [-0.39, 0.29) is 40.1 Å². The molecule has 0 radical (unpaired) electrons. The third-order valence-corrected chi connectivity index (χ3v) is 6.35. The SMILES string of the molecule is COc1cc([C@H]2C[C@@H](c3nc(-c4ccc(F)cc4F)c4nc(C(F)F)n(C)c(=O)c4n3)CCO2)ccn1. The van der Waals surface area contributed by atoms with Gasteiger partial charge >= 0.3 is 0 Å². The lowest BCUT2D eigenvalue weighted by molar-refractivity contribution is 0.00385. The summed E-state index contributed by atoms with van der Waals surface area (Å²) in [5.41, 5.74) is -0.861. The van der Waals surface area contributed by atoms with Gasteiger partial charge in [-0.05, 0) is 36.6 Å². The van der Waals surface area contributed by atoms with Crippen molar-refractivity contribution in [1.29, 1.82) is 0 Å². The number of benzene rings is 1. The maximum absolute atomic E-state index is 14.8. The van der Waals surface area contributed by atoms with Crippen molar-refractivity contribution in [3.8, 4) is 17.1 Å². The fraction of sp³-hybridized carbons (Fsp3) is 0.320. The van der Waals surface area contributed by atoms with Gasteiger partial charge < -0.3 is 9.47 Å². The number of hydrogen-bond acceptors (Lipinski definition) is 7. The second-order valence-corrected chi connectivity index (χ2v) is 8.60. The molecule has 4 heterocycles. The first-order valence-corrected chi connectivity index (χ1v) is 11.4. The molecule has 12 heteroatoms. The molecule has 0 amide bonds. The highest BCUT2D eigenvalue weighted by Gasteiger charge is 2.30. The second kappa shape index (κ2) is 9.85. The summed E-state index contributed by atoms with van der Waals surface area (Å²) >= 11 is 0. The Morgan fingerprint density at radius 1 is 1.11 bits per heavy atom. The van der Waals surface area contributed by atoms with Crippen LogP contribution in [0.1, 0.15) is 48.5 Å². The quantitative estimate of drug-likeness (QED) is 0.358. The number of halogens is 4. The van der Waals surface area contributed by atoms with Gasteiger partial charge in [-0.3, -0.25) is 9.36 Å². The van der Waals surface area contributed by atoms with Gasteiger partial charge in [0.25, 0.3) is 12.0 Å². The van der Waals surface area contributed by atoms with Crippen molar-refractivity contribution in [2.24, 2.45) is 7.05 Å². The van der Waals surface area contributed by atoms with Crippen molar-refractivity contribution in [3.63, 3.8) is 0 Å². The lowest BCUT2D eigenvalue weighted by Crippen LogP contribution is -2.26. The highest BCUT2D eigenvalue weighted by molar-refractivity contribution is 5.88. The minimum Gasteiger partial charge on any atom is -0.481 e. The van der Waals surface area contributed by atoms with E-state index in [1.54, 1.807) is 18.3 Å². The normalized spacial score (nSPS) is 17.9. The van der Waals surface area contributed by atoms with E-state index in [9.17, 15) is 22.4 Å². The van der Waals surface area contributed by atoms with Crippen LogP contribution < -0.4 is 10.3 Å². The van der Waals surface area contributed by atoms with Gasteiger partial charge in [0.15, 0.2) is 11.3 Å². The Hall–Kier alpha value is -3.93. The summed E-state index contributed by atoms with van der Waals surface area (Å²) in [6.45, 7) is 0.349. The van der Waals surface area contributed by atoms with E-state index < -0.39 is 29.4 Å². The van der Waals surface area contributed by atoms with Crippen LogP contribution in [0.25, 0.3) is 22.3 Å². The number of methoxy groups -OCH3 is 1. The van der Waals surface area contributed by atoms with Gasteiger partial charge in [-0.1, -0.05) is 0 Å². The van der Waals surface area contributed by atoms with Gasteiger partial charge in [-0.25, -0.2) is 37.5 Å². The predicted molar refractivity (Wildman–Crippen MR) is 124 cm³/mol. The zero-order chi connectivity index (χ0) is 26.3. The molecule has 192 valence electrons. The molecule has 0 spiro atoms. The highest BCUT2D eigenvalue weighted by Crippen LogP contribution is 2.38. The maximum Gasteiger partial charge on any atom is 0.295 e. The van der Waals surface area contributed by atoms with Crippen LogP contribution in [-0.4, -0.2) is 38.2 Å². The molecule has 5 rings (SSSR count). The Kier molecular flexibility index (Phi) is 6.59. The first-order chi connectivity index (χ1) is 17.8. The molecule has 0 N–H and O–H groups in total. The summed E-state index contributed by atoms with van der Waals surface area (Å²) < 4.78 is 67.5. The summed E-state index contributed by atoms with van der Waals surface area (Å²) in [5.74, 6) is -2.29. The van der Waals surface area contributed by atoms with E-state index >= 15 is 0 Å². The molecular formula is C25H21F4N5O3. The van der Waals surface area contributed by atoms with Crippen LogP contribution in [0.15, 0.2) is 41.3 Å². The molecule has 1 aliphatic heterocycles. The lowest BCUT2D eigenvalue weighted by Gasteiger charge is -2.29. The van der Waals surface area contributed by atoms with Crippen molar-refractivity contribution >= 4 is 11.0 Å². The Morgan fingerprint density at radius 2 is 1.92 bits per heavy atom. The molecule has 1 fully saturated rings. The van der Waals surface area contributed by atoms with E-state index in [1.165, 1.54) is 7.11 Å². The number of hydrogen-bond donors (Lipinski definition) is 0. The topological polar surface area (TPSA) is 92.0 Å². The molecule has 3 aromatic heterocycles. The molecule has 37 heavy (non-hydrogen) atoms. The number of nitrogens with zero attached hydrogens (tertiary/aromatic N) is 5. The summed E-state index contributed by atoms with van der Waals surface area (Å²) in [6.07, 6.45) is -0.908. The Bertz CT molecular complexity index is 1550. The molecule has 1 saturated heterocycles. The van der Waals surface area contributed by atoms with Crippen LogP contribution in [-0.2, 0) is 11.8 Å². The molecule has 0 saturated carbocycles. The van der Waals surface area contributed by atoms with Crippen molar-refractivity contribution in [3.05, 3.63) is 75.7 Å². The minimum atomic E-state index is -3.07. The lowest BCUT2D eigenvalue weighted by atomic mass is 9.91. The van der Waals surface area contributed by atoms with Crippen molar-refractivity contribution in [2.75, 3.05) is 13.7 Å². The smallest absolute Gasteiger partial charge is 0.295 e. The van der Waals surface area contributed by atoms with E-state index in [2.05, 4.69) is 19.9 Å². The number of fused-ring (bicyclic) bond motifs is 1. The molecule has 4 aromatic rings. The predicted octanol–water partition coefficient (Wildman–Crippen LogP) is 4.65. The van der Waals surface area contributed by atoms with Crippen LogP contribution in [0.2, 0.25) is 0 Å². The molecular weight excluding hydrogens is 494 g/mol. The maximum atomic E-state index is 14.8. The van der Waals surface area contributed by atoms with E-state index in [1.807, 2.05) is 0 Å².